The SMILES string of the molecule is Cc1ccc(C[C@@H](C#N)Sc2nnc(C3CC3)n2C2CC2)cc1. The third-order valence-electron chi connectivity index (χ3n) is 4.48. The molecule has 0 saturated heterocycles. The molecule has 5 heteroatoms. The summed E-state index contributed by atoms with van der Waals surface area (Å²) in [4.78, 5) is 0. The van der Waals surface area contributed by atoms with E-state index in [0.717, 1.165) is 17.4 Å². The summed E-state index contributed by atoms with van der Waals surface area (Å²) in [5, 5.41) is 19.2. The molecule has 1 atom stereocenters. The van der Waals surface area contributed by atoms with Crippen molar-refractivity contribution in [1.29, 1.82) is 5.26 Å². The zero-order valence-corrected chi connectivity index (χ0v) is 14.1. The van der Waals surface area contributed by atoms with Crippen LogP contribution in [0.4, 0.5) is 0 Å². The van der Waals surface area contributed by atoms with Gasteiger partial charge in [-0.2, -0.15) is 5.26 Å². The van der Waals surface area contributed by atoms with Crippen molar-refractivity contribution in [3.8, 4) is 6.07 Å². The lowest BCUT2D eigenvalue weighted by atomic mass is 10.1. The summed E-state index contributed by atoms with van der Waals surface area (Å²) < 4.78 is 2.32. The number of nitrogens with zero attached hydrogens (tertiary/aromatic N) is 4. The topological polar surface area (TPSA) is 54.5 Å². The highest BCUT2D eigenvalue weighted by molar-refractivity contribution is 8.00. The van der Waals surface area contributed by atoms with Gasteiger partial charge in [0.15, 0.2) is 5.16 Å². The lowest BCUT2D eigenvalue weighted by Gasteiger charge is -2.11. The van der Waals surface area contributed by atoms with Crippen LogP contribution in [-0.2, 0) is 6.42 Å². The van der Waals surface area contributed by atoms with Crippen LogP contribution in [0, 0.1) is 18.3 Å². The maximum Gasteiger partial charge on any atom is 0.192 e. The first-order valence-electron chi connectivity index (χ1n) is 8.31. The third kappa shape index (κ3) is 3.28. The highest BCUT2D eigenvalue weighted by Crippen LogP contribution is 2.46. The molecule has 118 valence electrons. The van der Waals surface area contributed by atoms with Crippen LogP contribution in [0.25, 0.3) is 0 Å². The van der Waals surface area contributed by atoms with Crippen LogP contribution in [0.3, 0.4) is 0 Å². The molecule has 4 nitrogen and oxygen atoms in total. The normalized spacial score (nSPS) is 18.6. The van der Waals surface area contributed by atoms with Crippen molar-refractivity contribution in [1.82, 2.24) is 14.8 Å². The van der Waals surface area contributed by atoms with Gasteiger partial charge in [0.05, 0.1) is 6.07 Å². The van der Waals surface area contributed by atoms with Crippen molar-refractivity contribution in [2.75, 3.05) is 0 Å². The van der Waals surface area contributed by atoms with Gasteiger partial charge in [-0.3, -0.25) is 0 Å². The fourth-order valence-corrected chi connectivity index (χ4v) is 3.87. The first-order chi connectivity index (χ1) is 11.2. The van der Waals surface area contributed by atoms with Gasteiger partial charge in [-0.15, -0.1) is 10.2 Å². The highest BCUT2D eigenvalue weighted by Gasteiger charge is 2.36. The number of benzene rings is 1. The van der Waals surface area contributed by atoms with Gasteiger partial charge in [0, 0.05) is 12.0 Å². The molecule has 0 N–H and O–H groups in total. The van der Waals surface area contributed by atoms with E-state index in [1.807, 2.05) is 0 Å². The van der Waals surface area contributed by atoms with Gasteiger partial charge in [0.25, 0.3) is 0 Å². The van der Waals surface area contributed by atoms with E-state index < -0.39 is 0 Å². The molecular weight excluding hydrogens is 304 g/mol. The zero-order chi connectivity index (χ0) is 15.8. The second-order valence-electron chi connectivity index (χ2n) is 6.64. The number of thioether (sulfide) groups is 1. The molecule has 1 heterocycles. The number of aromatic nitrogens is 3. The summed E-state index contributed by atoms with van der Waals surface area (Å²) in [5.41, 5.74) is 2.45. The summed E-state index contributed by atoms with van der Waals surface area (Å²) in [6.45, 7) is 2.08. The first kappa shape index (κ1) is 14.8. The smallest absolute Gasteiger partial charge is 0.192 e. The van der Waals surface area contributed by atoms with Gasteiger partial charge >= 0.3 is 0 Å². The molecule has 2 fully saturated rings. The minimum absolute atomic E-state index is 0.119. The van der Waals surface area contributed by atoms with E-state index in [-0.39, 0.29) is 5.25 Å². The van der Waals surface area contributed by atoms with E-state index in [1.165, 1.54) is 36.8 Å². The van der Waals surface area contributed by atoms with Crippen molar-refractivity contribution in [2.45, 2.75) is 61.4 Å². The average molecular weight is 324 g/mol. The molecular formula is C18H20N4S. The van der Waals surface area contributed by atoms with Gasteiger partial charge < -0.3 is 4.57 Å². The van der Waals surface area contributed by atoms with E-state index in [0.29, 0.717) is 12.0 Å². The quantitative estimate of drug-likeness (QED) is 0.753. The van der Waals surface area contributed by atoms with Gasteiger partial charge in [0.2, 0.25) is 0 Å². The summed E-state index contributed by atoms with van der Waals surface area (Å²) >= 11 is 1.58. The fraction of sp³-hybridized carbons (Fsp3) is 0.500. The maximum absolute atomic E-state index is 9.55. The molecule has 0 amide bonds. The van der Waals surface area contributed by atoms with E-state index in [4.69, 9.17) is 0 Å². The summed E-state index contributed by atoms with van der Waals surface area (Å²) in [6.07, 6.45) is 5.67. The van der Waals surface area contributed by atoms with Crippen molar-refractivity contribution in [3.63, 3.8) is 0 Å². The number of aryl methyl sites for hydroxylation is 1. The lowest BCUT2D eigenvalue weighted by molar-refractivity contribution is 0.626. The Morgan fingerprint density at radius 3 is 2.57 bits per heavy atom. The fourth-order valence-electron chi connectivity index (χ4n) is 2.84. The van der Waals surface area contributed by atoms with Crippen LogP contribution in [0.5, 0.6) is 0 Å². The molecule has 2 saturated carbocycles. The Kier molecular flexibility index (Phi) is 3.86. The van der Waals surface area contributed by atoms with E-state index >= 15 is 0 Å². The molecule has 2 aromatic rings. The Balaban J connectivity index is 1.51. The lowest BCUT2D eigenvalue weighted by Crippen LogP contribution is -2.08. The minimum Gasteiger partial charge on any atom is -0.303 e. The van der Waals surface area contributed by atoms with Crippen LogP contribution >= 0.6 is 11.8 Å². The van der Waals surface area contributed by atoms with Crippen LogP contribution in [0.1, 0.15) is 54.6 Å². The van der Waals surface area contributed by atoms with E-state index in [2.05, 4.69) is 52.0 Å². The third-order valence-corrected chi connectivity index (χ3v) is 5.52. The zero-order valence-electron chi connectivity index (χ0n) is 13.3. The molecule has 2 aliphatic carbocycles. The predicted octanol–water partition coefficient (Wildman–Crippen LogP) is 4.03. The van der Waals surface area contributed by atoms with Crippen molar-refractivity contribution in [3.05, 3.63) is 41.2 Å². The number of hydrogen-bond acceptors (Lipinski definition) is 4. The van der Waals surface area contributed by atoms with Crippen molar-refractivity contribution >= 4 is 11.8 Å². The summed E-state index contributed by atoms with van der Waals surface area (Å²) in [5.74, 6) is 1.76. The van der Waals surface area contributed by atoms with Gasteiger partial charge in [-0.05, 0) is 44.6 Å². The summed E-state index contributed by atoms with van der Waals surface area (Å²) in [7, 11) is 0. The monoisotopic (exact) mass is 324 g/mol. The molecule has 0 aliphatic heterocycles. The molecule has 1 aromatic heterocycles. The predicted molar refractivity (Wildman–Crippen MR) is 90.4 cm³/mol. The Bertz CT molecular complexity index is 735. The number of hydrogen-bond donors (Lipinski definition) is 0. The Labute approximate surface area is 140 Å². The van der Waals surface area contributed by atoms with Crippen molar-refractivity contribution in [2.24, 2.45) is 0 Å². The van der Waals surface area contributed by atoms with Gasteiger partial charge in [-0.25, -0.2) is 0 Å². The first-order valence-corrected chi connectivity index (χ1v) is 9.19. The molecule has 0 radical (unpaired) electrons. The molecule has 2 aliphatic rings. The highest BCUT2D eigenvalue weighted by atomic mass is 32.2. The second kappa shape index (κ2) is 6.01. The molecule has 23 heavy (non-hydrogen) atoms. The number of rotatable bonds is 6. The van der Waals surface area contributed by atoms with E-state index in [9.17, 15) is 5.26 Å². The second-order valence-corrected chi connectivity index (χ2v) is 7.81. The van der Waals surface area contributed by atoms with Crippen LogP contribution in [0.2, 0.25) is 0 Å². The minimum atomic E-state index is -0.119. The largest absolute Gasteiger partial charge is 0.303 e. The Hall–Kier alpha value is -1.80. The van der Waals surface area contributed by atoms with Gasteiger partial charge in [-0.1, -0.05) is 41.6 Å². The molecule has 0 spiro atoms. The Morgan fingerprint density at radius 2 is 1.96 bits per heavy atom. The molecule has 4 rings (SSSR count). The molecule has 0 unspecified atom stereocenters. The average Bonchev–Trinajstić information content (AvgIpc) is 3.48. The summed E-state index contributed by atoms with van der Waals surface area (Å²) in [6, 6.07) is 11.4. The number of nitriles is 1. The van der Waals surface area contributed by atoms with Crippen LogP contribution in [0.15, 0.2) is 29.4 Å². The standard InChI is InChI=1S/C18H20N4S/c1-12-2-4-13(5-3-12)10-16(11-19)23-18-21-20-17(14-6-7-14)22(18)15-8-9-15/h2-5,14-16H,6-10H2,1H3/t16-/m0/s1. The molecule has 1 aromatic carbocycles. The maximum atomic E-state index is 9.55. The Morgan fingerprint density at radius 1 is 1.22 bits per heavy atom. The van der Waals surface area contributed by atoms with Crippen molar-refractivity contribution < 1.29 is 0 Å². The van der Waals surface area contributed by atoms with E-state index in [1.54, 1.807) is 11.8 Å². The molecule has 0 bridgehead atoms. The van der Waals surface area contributed by atoms with Crippen LogP contribution in [-0.4, -0.2) is 20.0 Å². The van der Waals surface area contributed by atoms with Crippen LogP contribution < -0.4 is 0 Å². The van der Waals surface area contributed by atoms with Gasteiger partial charge in [0.1, 0.15) is 11.1 Å².